The number of hydrogen-bond donors (Lipinski definition) is 2. The number of halogens is 1. The summed E-state index contributed by atoms with van der Waals surface area (Å²) in [6.07, 6.45) is 8.85. The monoisotopic (exact) mass is 377 g/mol. The van der Waals surface area contributed by atoms with Gasteiger partial charge in [0.05, 0.1) is 6.04 Å². The van der Waals surface area contributed by atoms with Crippen LogP contribution in [0.2, 0.25) is 5.02 Å². The first-order chi connectivity index (χ1) is 12.7. The predicted octanol–water partition coefficient (Wildman–Crippen LogP) is 3.73. The van der Waals surface area contributed by atoms with Crippen molar-refractivity contribution in [2.24, 2.45) is 0 Å². The molecule has 5 heteroatoms. The van der Waals surface area contributed by atoms with Gasteiger partial charge in [-0.3, -0.25) is 9.69 Å². The molecule has 1 heterocycles. The first kappa shape index (κ1) is 19.7. The number of carbonyl (C=O) groups excluding carboxylic acids is 1. The van der Waals surface area contributed by atoms with E-state index in [0.29, 0.717) is 18.6 Å². The van der Waals surface area contributed by atoms with E-state index in [-0.39, 0.29) is 11.9 Å². The van der Waals surface area contributed by atoms with E-state index in [1.165, 1.54) is 44.1 Å². The lowest BCUT2D eigenvalue weighted by Gasteiger charge is -2.24. The standard InChI is InChI=1S/C21H32ClN3O/c1-2-23-21(26)20-13-19(24-18-7-5-3-4-6-8-18)15-25(20)14-16-9-11-17(22)12-10-16/h9-12,18-20,24H,2-8,13-15H2,1H3,(H,23,26)/t19-,20+/m1/s1. The Balaban J connectivity index is 1.64. The number of likely N-dealkylation sites (N-methyl/N-ethyl adjacent to an activating group) is 1. The number of rotatable bonds is 6. The third kappa shape index (κ3) is 5.45. The molecular weight excluding hydrogens is 346 g/mol. The second-order valence-corrected chi connectivity index (χ2v) is 8.19. The minimum atomic E-state index is -0.0473. The lowest BCUT2D eigenvalue weighted by Crippen LogP contribution is -2.42. The molecule has 0 bridgehead atoms. The van der Waals surface area contributed by atoms with Crippen LogP contribution in [-0.4, -0.2) is 42.0 Å². The average Bonchev–Trinajstić information content (AvgIpc) is 2.84. The van der Waals surface area contributed by atoms with E-state index in [1.807, 2.05) is 19.1 Å². The Morgan fingerprint density at radius 2 is 1.81 bits per heavy atom. The van der Waals surface area contributed by atoms with Crippen LogP contribution in [0.1, 0.15) is 57.4 Å². The molecular formula is C21H32ClN3O. The normalized spacial score (nSPS) is 25.2. The SMILES string of the molecule is CCNC(=O)[C@@H]1C[C@@H](NC2CCCCCC2)CN1Cc1ccc(Cl)cc1. The van der Waals surface area contributed by atoms with Crippen molar-refractivity contribution < 1.29 is 4.79 Å². The number of likely N-dealkylation sites (tertiary alicyclic amines) is 1. The maximum absolute atomic E-state index is 12.6. The van der Waals surface area contributed by atoms with Crippen LogP contribution in [-0.2, 0) is 11.3 Å². The number of nitrogens with one attached hydrogen (secondary N) is 2. The van der Waals surface area contributed by atoms with Crippen LogP contribution in [0.4, 0.5) is 0 Å². The average molecular weight is 378 g/mol. The third-order valence-corrected chi connectivity index (χ3v) is 5.93. The molecule has 0 unspecified atom stereocenters. The largest absolute Gasteiger partial charge is 0.355 e. The third-order valence-electron chi connectivity index (χ3n) is 5.68. The highest BCUT2D eigenvalue weighted by Gasteiger charge is 2.37. The van der Waals surface area contributed by atoms with Crippen LogP contribution in [0.25, 0.3) is 0 Å². The molecule has 2 N–H and O–H groups in total. The summed E-state index contributed by atoms with van der Waals surface area (Å²) < 4.78 is 0. The molecule has 2 atom stereocenters. The van der Waals surface area contributed by atoms with Gasteiger partial charge >= 0.3 is 0 Å². The van der Waals surface area contributed by atoms with Gasteiger partial charge in [-0.1, -0.05) is 49.4 Å². The molecule has 0 aromatic heterocycles. The highest BCUT2D eigenvalue weighted by atomic mass is 35.5. The predicted molar refractivity (Wildman–Crippen MR) is 107 cm³/mol. The molecule has 3 rings (SSSR count). The first-order valence-corrected chi connectivity index (χ1v) is 10.6. The Bertz CT molecular complexity index is 569. The number of nitrogens with zero attached hydrogens (tertiary/aromatic N) is 1. The lowest BCUT2D eigenvalue weighted by atomic mass is 10.1. The summed E-state index contributed by atoms with van der Waals surface area (Å²) in [5.41, 5.74) is 1.21. The van der Waals surface area contributed by atoms with Gasteiger partial charge < -0.3 is 10.6 Å². The van der Waals surface area contributed by atoms with Crippen molar-refractivity contribution in [1.29, 1.82) is 0 Å². The van der Waals surface area contributed by atoms with Crippen LogP contribution < -0.4 is 10.6 Å². The smallest absolute Gasteiger partial charge is 0.237 e. The highest BCUT2D eigenvalue weighted by molar-refractivity contribution is 6.30. The van der Waals surface area contributed by atoms with Crippen molar-refractivity contribution in [2.45, 2.75) is 76.5 Å². The number of amides is 1. The van der Waals surface area contributed by atoms with E-state index in [1.54, 1.807) is 0 Å². The van der Waals surface area contributed by atoms with Gasteiger partial charge in [0.25, 0.3) is 0 Å². The van der Waals surface area contributed by atoms with E-state index in [4.69, 9.17) is 11.6 Å². The molecule has 0 radical (unpaired) electrons. The fraction of sp³-hybridized carbons (Fsp3) is 0.667. The summed E-state index contributed by atoms with van der Waals surface area (Å²) in [7, 11) is 0. The van der Waals surface area contributed by atoms with Crippen molar-refractivity contribution >= 4 is 17.5 Å². The van der Waals surface area contributed by atoms with Gasteiger partial charge in [-0.15, -0.1) is 0 Å². The zero-order chi connectivity index (χ0) is 18.4. The highest BCUT2D eigenvalue weighted by Crippen LogP contribution is 2.24. The molecule has 1 aliphatic carbocycles. The second-order valence-electron chi connectivity index (χ2n) is 7.75. The molecule has 1 amide bonds. The molecule has 1 saturated carbocycles. The van der Waals surface area contributed by atoms with E-state index in [2.05, 4.69) is 27.7 Å². The lowest BCUT2D eigenvalue weighted by molar-refractivity contribution is -0.125. The Labute approximate surface area is 162 Å². The van der Waals surface area contributed by atoms with Crippen LogP contribution in [0.3, 0.4) is 0 Å². The number of carbonyl (C=O) groups is 1. The minimum absolute atomic E-state index is 0.0473. The Morgan fingerprint density at radius 1 is 1.12 bits per heavy atom. The maximum atomic E-state index is 12.6. The van der Waals surface area contributed by atoms with Gasteiger partial charge in [0.2, 0.25) is 5.91 Å². The van der Waals surface area contributed by atoms with E-state index >= 15 is 0 Å². The zero-order valence-corrected chi connectivity index (χ0v) is 16.6. The maximum Gasteiger partial charge on any atom is 0.237 e. The molecule has 26 heavy (non-hydrogen) atoms. The Kier molecular flexibility index (Phi) is 7.35. The Hall–Kier alpha value is -1.10. The molecule has 144 valence electrons. The van der Waals surface area contributed by atoms with Gasteiger partial charge in [-0.05, 0) is 43.9 Å². The van der Waals surface area contributed by atoms with Gasteiger partial charge in [0, 0.05) is 36.7 Å². The molecule has 1 saturated heterocycles. The molecule has 0 spiro atoms. The van der Waals surface area contributed by atoms with Crippen molar-refractivity contribution in [3.05, 3.63) is 34.9 Å². The zero-order valence-electron chi connectivity index (χ0n) is 15.8. The van der Waals surface area contributed by atoms with E-state index in [0.717, 1.165) is 24.5 Å². The number of hydrogen-bond acceptors (Lipinski definition) is 3. The summed E-state index contributed by atoms with van der Waals surface area (Å²) in [6, 6.07) is 8.94. The van der Waals surface area contributed by atoms with Crippen LogP contribution in [0.5, 0.6) is 0 Å². The number of benzene rings is 1. The minimum Gasteiger partial charge on any atom is -0.355 e. The van der Waals surface area contributed by atoms with Gasteiger partial charge in [0.1, 0.15) is 0 Å². The molecule has 1 aromatic rings. The van der Waals surface area contributed by atoms with Crippen molar-refractivity contribution in [3.8, 4) is 0 Å². The van der Waals surface area contributed by atoms with Gasteiger partial charge in [0.15, 0.2) is 0 Å². The summed E-state index contributed by atoms with van der Waals surface area (Å²) in [6.45, 7) is 4.39. The quantitative estimate of drug-likeness (QED) is 0.742. The van der Waals surface area contributed by atoms with Crippen molar-refractivity contribution in [3.63, 3.8) is 0 Å². The van der Waals surface area contributed by atoms with Crippen LogP contribution in [0, 0.1) is 0 Å². The topological polar surface area (TPSA) is 44.4 Å². The molecule has 1 aromatic carbocycles. The van der Waals surface area contributed by atoms with Crippen molar-refractivity contribution in [1.82, 2.24) is 15.5 Å². The molecule has 2 fully saturated rings. The van der Waals surface area contributed by atoms with Crippen LogP contribution >= 0.6 is 11.6 Å². The van der Waals surface area contributed by atoms with E-state index < -0.39 is 0 Å². The van der Waals surface area contributed by atoms with Gasteiger partial charge in [-0.2, -0.15) is 0 Å². The Morgan fingerprint density at radius 3 is 2.46 bits per heavy atom. The summed E-state index contributed by atoms with van der Waals surface area (Å²) in [5, 5.41) is 7.64. The summed E-state index contributed by atoms with van der Waals surface area (Å²) >= 11 is 6.01. The molecule has 1 aliphatic heterocycles. The second kappa shape index (κ2) is 9.72. The summed E-state index contributed by atoms with van der Waals surface area (Å²) in [4.78, 5) is 14.9. The fourth-order valence-corrected chi connectivity index (χ4v) is 4.49. The van der Waals surface area contributed by atoms with Gasteiger partial charge in [-0.25, -0.2) is 0 Å². The summed E-state index contributed by atoms with van der Waals surface area (Å²) in [5.74, 6) is 0.159. The van der Waals surface area contributed by atoms with E-state index in [9.17, 15) is 4.79 Å². The van der Waals surface area contributed by atoms with Crippen LogP contribution in [0.15, 0.2) is 24.3 Å². The van der Waals surface area contributed by atoms with Crippen molar-refractivity contribution in [2.75, 3.05) is 13.1 Å². The molecule has 4 nitrogen and oxygen atoms in total. The fourth-order valence-electron chi connectivity index (χ4n) is 4.37. The first-order valence-electron chi connectivity index (χ1n) is 10.2. The molecule has 2 aliphatic rings.